The molecule has 5 heteroatoms. The molecule has 2 aromatic carbocycles. The quantitative estimate of drug-likeness (QED) is 0.830. The Kier molecular flexibility index (Phi) is 5.72. The first-order valence-electron chi connectivity index (χ1n) is 6.52. The van der Waals surface area contributed by atoms with E-state index in [0.29, 0.717) is 19.8 Å². The highest BCUT2D eigenvalue weighted by molar-refractivity contribution is 6.30. The molecule has 0 saturated heterocycles. The molecule has 0 aliphatic carbocycles. The number of benzene rings is 2. The molecule has 21 heavy (non-hydrogen) atoms. The Labute approximate surface area is 127 Å². The maximum Gasteiger partial charge on any atom is 0.254 e. The van der Waals surface area contributed by atoms with Gasteiger partial charge in [0.25, 0.3) is 5.91 Å². The van der Waals surface area contributed by atoms with Gasteiger partial charge >= 0.3 is 0 Å². The minimum atomic E-state index is -0.634. The lowest BCUT2D eigenvalue weighted by Crippen LogP contribution is -2.28. The third-order valence-electron chi connectivity index (χ3n) is 2.82. The molecule has 2 aromatic rings. The fraction of sp³-hybridized carbons (Fsp3) is 0.188. The highest BCUT2D eigenvalue weighted by atomic mass is 35.5. The number of ether oxygens (including phenoxy) is 1. The summed E-state index contributed by atoms with van der Waals surface area (Å²) in [6.07, 6.45) is 0. The molecule has 1 N–H and O–H groups in total. The molecule has 1 amide bonds. The zero-order valence-corrected chi connectivity index (χ0v) is 12.1. The molecule has 0 aliphatic rings. The fourth-order valence-electron chi connectivity index (χ4n) is 1.77. The van der Waals surface area contributed by atoms with Crippen LogP contribution in [0.15, 0.2) is 48.5 Å². The summed E-state index contributed by atoms with van der Waals surface area (Å²) in [5, 5.41) is 2.86. The van der Waals surface area contributed by atoms with Crippen molar-refractivity contribution in [2.75, 3.05) is 13.2 Å². The number of hydrogen-bond acceptors (Lipinski definition) is 2. The van der Waals surface area contributed by atoms with Crippen LogP contribution >= 0.6 is 11.6 Å². The van der Waals surface area contributed by atoms with E-state index in [1.165, 1.54) is 12.1 Å². The lowest BCUT2D eigenvalue weighted by Gasteiger charge is -2.07. The summed E-state index contributed by atoms with van der Waals surface area (Å²) >= 11 is 5.63. The molecule has 0 bridgehead atoms. The standard InChI is InChI=1S/C16H15ClFNO2/c17-13-6-7-14(15(18)10-13)16(20)19-8-9-21-11-12-4-2-1-3-5-12/h1-7,10H,8-9,11H2,(H,19,20). The maximum absolute atomic E-state index is 13.5. The Morgan fingerprint density at radius 2 is 1.95 bits per heavy atom. The van der Waals surface area contributed by atoms with Gasteiger partial charge in [-0.1, -0.05) is 41.9 Å². The van der Waals surface area contributed by atoms with E-state index in [1.54, 1.807) is 0 Å². The lowest BCUT2D eigenvalue weighted by atomic mass is 10.2. The van der Waals surface area contributed by atoms with E-state index in [2.05, 4.69) is 5.32 Å². The summed E-state index contributed by atoms with van der Waals surface area (Å²) in [5.74, 6) is -1.11. The van der Waals surface area contributed by atoms with Gasteiger partial charge in [-0.25, -0.2) is 4.39 Å². The van der Waals surface area contributed by atoms with Crippen molar-refractivity contribution in [2.24, 2.45) is 0 Å². The third kappa shape index (κ3) is 4.85. The van der Waals surface area contributed by atoms with E-state index in [0.717, 1.165) is 11.6 Å². The van der Waals surface area contributed by atoms with Crippen LogP contribution in [0.3, 0.4) is 0 Å². The monoisotopic (exact) mass is 307 g/mol. The molecule has 0 atom stereocenters. The summed E-state index contributed by atoms with van der Waals surface area (Å²) < 4.78 is 18.9. The van der Waals surface area contributed by atoms with Gasteiger partial charge in [0.05, 0.1) is 18.8 Å². The average molecular weight is 308 g/mol. The number of hydrogen-bond donors (Lipinski definition) is 1. The predicted octanol–water partition coefficient (Wildman–Crippen LogP) is 3.43. The molecular weight excluding hydrogens is 293 g/mol. The summed E-state index contributed by atoms with van der Waals surface area (Å²) in [7, 11) is 0. The largest absolute Gasteiger partial charge is 0.375 e. The minimum absolute atomic E-state index is 0.0255. The normalized spacial score (nSPS) is 10.4. The summed E-state index contributed by atoms with van der Waals surface area (Å²) in [6.45, 7) is 1.15. The van der Waals surface area contributed by atoms with Crippen LogP contribution in [0.2, 0.25) is 5.02 Å². The van der Waals surface area contributed by atoms with Crippen LogP contribution in [0.5, 0.6) is 0 Å². The van der Waals surface area contributed by atoms with Crippen molar-refractivity contribution in [3.05, 3.63) is 70.5 Å². The summed E-state index contributed by atoms with van der Waals surface area (Å²) in [6, 6.07) is 13.7. The molecule has 0 heterocycles. The molecular formula is C16H15ClFNO2. The van der Waals surface area contributed by atoms with Crippen LogP contribution in [0, 0.1) is 5.82 Å². The first kappa shape index (κ1) is 15.5. The van der Waals surface area contributed by atoms with Crippen molar-refractivity contribution in [1.29, 1.82) is 0 Å². The number of carbonyl (C=O) groups excluding carboxylic acids is 1. The number of carbonyl (C=O) groups is 1. The topological polar surface area (TPSA) is 38.3 Å². The smallest absolute Gasteiger partial charge is 0.254 e. The van der Waals surface area contributed by atoms with Gasteiger partial charge in [-0.05, 0) is 23.8 Å². The highest BCUT2D eigenvalue weighted by Crippen LogP contribution is 2.14. The van der Waals surface area contributed by atoms with Crippen LogP contribution in [-0.2, 0) is 11.3 Å². The van der Waals surface area contributed by atoms with Gasteiger partial charge in [-0.2, -0.15) is 0 Å². The van der Waals surface area contributed by atoms with Gasteiger partial charge in [-0.15, -0.1) is 0 Å². The number of rotatable bonds is 6. The molecule has 3 nitrogen and oxygen atoms in total. The Bertz CT molecular complexity index is 604. The van der Waals surface area contributed by atoms with Crippen molar-refractivity contribution in [3.8, 4) is 0 Å². The molecule has 2 rings (SSSR count). The molecule has 0 spiro atoms. The third-order valence-corrected chi connectivity index (χ3v) is 3.05. The van der Waals surface area contributed by atoms with Gasteiger partial charge in [0.2, 0.25) is 0 Å². The van der Waals surface area contributed by atoms with Crippen LogP contribution in [0.1, 0.15) is 15.9 Å². The van der Waals surface area contributed by atoms with E-state index in [4.69, 9.17) is 16.3 Å². The zero-order chi connectivity index (χ0) is 15.1. The van der Waals surface area contributed by atoms with Gasteiger partial charge in [0.1, 0.15) is 5.82 Å². The van der Waals surface area contributed by atoms with Crippen molar-refractivity contribution >= 4 is 17.5 Å². The van der Waals surface area contributed by atoms with Gasteiger partial charge in [0.15, 0.2) is 0 Å². The van der Waals surface area contributed by atoms with E-state index >= 15 is 0 Å². The number of halogens is 2. The molecule has 0 fully saturated rings. The lowest BCUT2D eigenvalue weighted by molar-refractivity contribution is 0.0897. The minimum Gasteiger partial charge on any atom is -0.375 e. The number of amides is 1. The van der Waals surface area contributed by atoms with Crippen molar-refractivity contribution in [3.63, 3.8) is 0 Å². The van der Waals surface area contributed by atoms with Gasteiger partial charge < -0.3 is 10.1 Å². The fourth-order valence-corrected chi connectivity index (χ4v) is 1.93. The second kappa shape index (κ2) is 7.76. The molecule has 0 aromatic heterocycles. The first-order valence-corrected chi connectivity index (χ1v) is 6.89. The maximum atomic E-state index is 13.5. The predicted molar refractivity (Wildman–Crippen MR) is 79.8 cm³/mol. The molecule has 110 valence electrons. The highest BCUT2D eigenvalue weighted by Gasteiger charge is 2.11. The van der Waals surface area contributed by atoms with Crippen LogP contribution in [-0.4, -0.2) is 19.1 Å². The van der Waals surface area contributed by atoms with Crippen molar-refractivity contribution in [2.45, 2.75) is 6.61 Å². The van der Waals surface area contributed by atoms with Crippen LogP contribution in [0.4, 0.5) is 4.39 Å². The summed E-state index contributed by atoms with van der Waals surface area (Å²) in [5.41, 5.74) is 1.04. The zero-order valence-electron chi connectivity index (χ0n) is 11.3. The van der Waals surface area contributed by atoms with E-state index < -0.39 is 11.7 Å². The van der Waals surface area contributed by atoms with E-state index in [-0.39, 0.29) is 10.6 Å². The Morgan fingerprint density at radius 3 is 2.67 bits per heavy atom. The van der Waals surface area contributed by atoms with E-state index in [1.807, 2.05) is 30.3 Å². The number of nitrogens with one attached hydrogen (secondary N) is 1. The Morgan fingerprint density at radius 1 is 1.19 bits per heavy atom. The van der Waals surface area contributed by atoms with Gasteiger partial charge in [0, 0.05) is 11.6 Å². The summed E-state index contributed by atoms with van der Waals surface area (Å²) in [4.78, 5) is 11.8. The van der Waals surface area contributed by atoms with E-state index in [9.17, 15) is 9.18 Å². The first-order chi connectivity index (χ1) is 10.2. The SMILES string of the molecule is O=C(NCCOCc1ccccc1)c1ccc(Cl)cc1F. The van der Waals surface area contributed by atoms with Crippen LogP contribution in [0.25, 0.3) is 0 Å². The molecule has 0 saturated carbocycles. The van der Waals surface area contributed by atoms with Gasteiger partial charge in [-0.3, -0.25) is 4.79 Å². The van der Waals surface area contributed by atoms with Crippen molar-refractivity contribution in [1.82, 2.24) is 5.32 Å². The second-order valence-corrected chi connectivity index (χ2v) is 4.85. The molecule has 0 aliphatic heterocycles. The Hall–Kier alpha value is -1.91. The van der Waals surface area contributed by atoms with Crippen LogP contribution < -0.4 is 5.32 Å². The van der Waals surface area contributed by atoms with Crippen molar-refractivity contribution < 1.29 is 13.9 Å². The molecule has 0 radical (unpaired) electrons. The second-order valence-electron chi connectivity index (χ2n) is 4.42. The Balaban J connectivity index is 1.72. The molecule has 0 unspecified atom stereocenters. The average Bonchev–Trinajstić information content (AvgIpc) is 2.47.